The van der Waals surface area contributed by atoms with Crippen LogP contribution in [0.4, 0.5) is 5.82 Å². The lowest BCUT2D eigenvalue weighted by Crippen LogP contribution is -2.49. The van der Waals surface area contributed by atoms with E-state index in [2.05, 4.69) is 20.5 Å². The highest BCUT2D eigenvalue weighted by atomic mass is 35.5. The predicted octanol–water partition coefficient (Wildman–Crippen LogP) is 3.30. The third kappa shape index (κ3) is 6.25. The highest BCUT2D eigenvalue weighted by Crippen LogP contribution is 2.25. The van der Waals surface area contributed by atoms with Gasteiger partial charge >= 0.3 is 0 Å². The van der Waals surface area contributed by atoms with Gasteiger partial charge in [0.2, 0.25) is 5.91 Å². The van der Waals surface area contributed by atoms with E-state index in [0.717, 1.165) is 52.0 Å². The molecule has 34 heavy (non-hydrogen) atoms. The number of nitrogens with one attached hydrogen (secondary N) is 2. The second kappa shape index (κ2) is 11.6. The molecule has 182 valence electrons. The van der Waals surface area contributed by atoms with Crippen LogP contribution in [0, 0.1) is 0 Å². The number of rotatable bonds is 7. The lowest BCUT2D eigenvalue weighted by atomic mass is 9.98. The maximum atomic E-state index is 13.2. The molecule has 2 aromatic rings. The number of benzene rings is 1. The normalized spacial score (nSPS) is 17.8. The van der Waals surface area contributed by atoms with Gasteiger partial charge in [0.25, 0.3) is 5.91 Å². The van der Waals surface area contributed by atoms with Gasteiger partial charge in [-0.25, -0.2) is 4.98 Å². The number of amides is 2. The number of nitrogens with zero attached hydrogens (tertiary/aromatic N) is 2. The topological polar surface area (TPSA) is 92.8 Å². The van der Waals surface area contributed by atoms with E-state index >= 15 is 0 Å². The molecule has 3 heterocycles. The first-order chi connectivity index (χ1) is 16.5. The summed E-state index contributed by atoms with van der Waals surface area (Å²) in [5, 5.41) is 6.40. The largest absolute Gasteiger partial charge is 0.496 e. The highest BCUT2D eigenvalue weighted by molar-refractivity contribution is 6.30. The summed E-state index contributed by atoms with van der Waals surface area (Å²) in [5.74, 6) is 0.418. The van der Waals surface area contributed by atoms with E-state index in [1.54, 1.807) is 30.3 Å². The molecule has 0 atom stereocenters. The van der Waals surface area contributed by atoms with Crippen molar-refractivity contribution in [2.45, 2.75) is 44.2 Å². The zero-order valence-corrected chi connectivity index (χ0v) is 20.1. The van der Waals surface area contributed by atoms with Crippen molar-refractivity contribution >= 4 is 29.2 Å². The standard InChI is InChI=1S/C25H31ClN4O4/c1-33-22-4-2-3-20(21(22)15-24(31)29-23-6-5-17(26)16-27-23)25(32)28-18-7-11-30(12-8-18)19-9-13-34-14-10-19/h2-6,16,18-19H,7-15H2,1H3,(H,28,32)(H,27,29,31). The Morgan fingerprint density at radius 1 is 1.15 bits per heavy atom. The number of hydrogen-bond donors (Lipinski definition) is 2. The summed E-state index contributed by atoms with van der Waals surface area (Å²) >= 11 is 5.86. The molecule has 0 bridgehead atoms. The quantitative estimate of drug-likeness (QED) is 0.623. The summed E-state index contributed by atoms with van der Waals surface area (Å²) in [6.07, 6.45) is 5.43. The fourth-order valence-electron chi connectivity index (χ4n) is 4.67. The Kier molecular flexibility index (Phi) is 8.37. The number of methoxy groups -OCH3 is 1. The fraction of sp³-hybridized carbons (Fsp3) is 0.480. The van der Waals surface area contributed by atoms with Crippen LogP contribution in [0.15, 0.2) is 36.5 Å². The van der Waals surface area contributed by atoms with Crippen molar-refractivity contribution in [1.82, 2.24) is 15.2 Å². The number of piperidine rings is 1. The van der Waals surface area contributed by atoms with Crippen LogP contribution in [0.1, 0.15) is 41.6 Å². The number of likely N-dealkylation sites (tertiary alicyclic amines) is 1. The molecule has 2 amide bonds. The Labute approximate surface area is 205 Å². The van der Waals surface area contributed by atoms with Gasteiger partial charge in [-0.15, -0.1) is 0 Å². The molecule has 1 aromatic carbocycles. The number of aromatic nitrogens is 1. The van der Waals surface area contributed by atoms with E-state index < -0.39 is 0 Å². The first kappa shape index (κ1) is 24.4. The average molecular weight is 487 g/mol. The van der Waals surface area contributed by atoms with Gasteiger partial charge in [0, 0.05) is 55.7 Å². The molecule has 9 heteroatoms. The molecule has 0 unspecified atom stereocenters. The van der Waals surface area contributed by atoms with Crippen LogP contribution in [-0.4, -0.2) is 67.2 Å². The number of ether oxygens (including phenoxy) is 2. The first-order valence-corrected chi connectivity index (χ1v) is 12.1. The number of hydrogen-bond acceptors (Lipinski definition) is 6. The Balaban J connectivity index is 1.38. The van der Waals surface area contributed by atoms with Crippen molar-refractivity contribution in [2.75, 3.05) is 38.7 Å². The molecule has 0 aliphatic carbocycles. The average Bonchev–Trinajstić information content (AvgIpc) is 2.86. The number of anilines is 1. The smallest absolute Gasteiger partial charge is 0.251 e. The fourth-order valence-corrected chi connectivity index (χ4v) is 4.78. The lowest BCUT2D eigenvalue weighted by molar-refractivity contribution is -0.115. The van der Waals surface area contributed by atoms with Gasteiger partial charge in [0.15, 0.2) is 0 Å². The third-order valence-corrected chi connectivity index (χ3v) is 6.73. The summed E-state index contributed by atoms with van der Waals surface area (Å²) in [6.45, 7) is 3.61. The molecule has 0 radical (unpaired) electrons. The number of carbonyl (C=O) groups is 2. The van der Waals surface area contributed by atoms with Crippen LogP contribution >= 0.6 is 11.6 Å². The van der Waals surface area contributed by atoms with Crippen LogP contribution in [0.3, 0.4) is 0 Å². The van der Waals surface area contributed by atoms with E-state index in [-0.39, 0.29) is 24.3 Å². The summed E-state index contributed by atoms with van der Waals surface area (Å²) in [4.78, 5) is 32.5. The molecule has 4 rings (SSSR count). The van der Waals surface area contributed by atoms with Gasteiger partial charge in [-0.2, -0.15) is 0 Å². The molecular weight excluding hydrogens is 456 g/mol. The summed E-state index contributed by atoms with van der Waals surface area (Å²) < 4.78 is 10.9. The van der Waals surface area contributed by atoms with E-state index in [9.17, 15) is 9.59 Å². The minimum absolute atomic E-state index is 0.0146. The zero-order valence-electron chi connectivity index (χ0n) is 19.4. The number of pyridine rings is 1. The third-order valence-electron chi connectivity index (χ3n) is 6.50. The van der Waals surface area contributed by atoms with Crippen LogP contribution in [-0.2, 0) is 16.0 Å². The van der Waals surface area contributed by atoms with E-state index in [4.69, 9.17) is 21.1 Å². The second-order valence-corrected chi connectivity index (χ2v) is 9.14. The molecule has 2 aliphatic heterocycles. The maximum absolute atomic E-state index is 13.2. The van der Waals surface area contributed by atoms with Gasteiger partial charge in [0.1, 0.15) is 11.6 Å². The van der Waals surface area contributed by atoms with Crippen LogP contribution in [0.25, 0.3) is 0 Å². The van der Waals surface area contributed by atoms with Gasteiger partial charge in [-0.1, -0.05) is 17.7 Å². The SMILES string of the molecule is COc1cccc(C(=O)NC2CCN(C3CCOCC3)CC2)c1CC(=O)Nc1ccc(Cl)cn1. The van der Waals surface area contributed by atoms with E-state index in [1.165, 1.54) is 13.3 Å². The Hall–Kier alpha value is -2.68. The van der Waals surface area contributed by atoms with Crippen molar-refractivity contribution in [3.8, 4) is 5.75 Å². The molecule has 2 fully saturated rings. The van der Waals surface area contributed by atoms with Crippen molar-refractivity contribution in [2.24, 2.45) is 0 Å². The Morgan fingerprint density at radius 3 is 2.59 bits per heavy atom. The van der Waals surface area contributed by atoms with Gasteiger partial charge < -0.3 is 25.0 Å². The second-order valence-electron chi connectivity index (χ2n) is 8.70. The summed E-state index contributed by atoms with van der Waals surface area (Å²) in [7, 11) is 1.53. The van der Waals surface area contributed by atoms with E-state index in [1.807, 2.05) is 0 Å². The first-order valence-electron chi connectivity index (χ1n) is 11.7. The Morgan fingerprint density at radius 2 is 1.91 bits per heavy atom. The Bertz CT molecular complexity index is 987. The minimum Gasteiger partial charge on any atom is -0.496 e. The van der Waals surface area contributed by atoms with Gasteiger partial charge in [-0.05, 0) is 49.9 Å². The molecule has 8 nitrogen and oxygen atoms in total. The molecule has 2 saturated heterocycles. The summed E-state index contributed by atoms with van der Waals surface area (Å²) in [6, 6.07) is 9.23. The van der Waals surface area contributed by atoms with Gasteiger partial charge in [-0.3, -0.25) is 9.59 Å². The van der Waals surface area contributed by atoms with Crippen molar-refractivity contribution < 1.29 is 19.1 Å². The minimum atomic E-state index is -0.293. The van der Waals surface area contributed by atoms with Crippen LogP contribution in [0.5, 0.6) is 5.75 Å². The molecule has 0 saturated carbocycles. The van der Waals surface area contributed by atoms with Crippen LogP contribution < -0.4 is 15.4 Å². The number of halogens is 1. The molecule has 0 spiro atoms. The van der Waals surface area contributed by atoms with Crippen molar-refractivity contribution in [1.29, 1.82) is 0 Å². The van der Waals surface area contributed by atoms with Crippen molar-refractivity contribution in [3.63, 3.8) is 0 Å². The predicted molar refractivity (Wildman–Crippen MR) is 130 cm³/mol. The summed E-state index contributed by atoms with van der Waals surface area (Å²) in [5.41, 5.74) is 0.999. The molecule has 1 aromatic heterocycles. The van der Waals surface area contributed by atoms with Crippen molar-refractivity contribution in [3.05, 3.63) is 52.7 Å². The maximum Gasteiger partial charge on any atom is 0.251 e. The number of carbonyl (C=O) groups excluding carboxylic acids is 2. The zero-order chi connectivity index (χ0) is 23.9. The van der Waals surface area contributed by atoms with Crippen LogP contribution in [0.2, 0.25) is 5.02 Å². The highest BCUT2D eigenvalue weighted by Gasteiger charge is 2.28. The molecule has 2 aliphatic rings. The van der Waals surface area contributed by atoms with Gasteiger partial charge in [0.05, 0.1) is 18.6 Å². The lowest BCUT2D eigenvalue weighted by Gasteiger charge is -2.39. The molecular formula is C25H31ClN4O4. The molecule has 2 N–H and O–H groups in total. The van der Waals surface area contributed by atoms with E-state index in [0.29, 0.717) is 33.8 Å². The monoisotopic (exact) mass is 486 g/mol.